The zero-order valence-electron chi connectivity index (χ0n) is 9.51. The molecule has 1 saturated heterocycles. The predicted octanol–water partition coefficient (Wildman–Crippen LogP) is 0.657. The monoisotopic (exact) mass is 258 g/mol. The average molecular weight is 258 g/mol. The first-order valence-electron chi connectivity index (χ1n) is 5.42. The highest BCUT2D eigenvalue weighted by atomic mass is 19.2. The van der Waals surface area contributed by atoms with E-state index in [1.807, 2.05) is 0 Å². The van der Waals surface area contributed by atoms with Crippen LogP contribution in [-0.2, 0) is 4.74 Å². The van der Waals surface area contributed by atoms with Gasteiger partial charge in [-0.1, -0.05) is 0 Å². The number of ketones is 1. The number of rotatable bonds is 2. The Kier molecular flexibility index (Phi) is 3.43. The topological polar surface area (TPSA) is 66.8 Å². The summed E-state index contributed by atoms with van der Waals surface area (Å²) in [7, 11) is 0. The Morgan fingerprint density at radius 3 is 2.39 bits per heavy atom. The number of hydrogen-bond donors (Lipinski definition) is 2. The molecule has 0 aromatic heterocycles. The van der Waals surface area contributed by atoms with Gasteiger partial charge < -0.3 is 14.9 Å². The number of Topliss-reactive ketones (excluding diaryl/α,β-unsaturated/α-hetero) is 1. The molecule has 2 rings (SSSR count). The van der Waals surface area contributed by atoms with Gasteiger partial charge in [0.15, 0.2) is 17.4 Å². The van der Waals surface area contributed by atoms with E-state index in [4.69, 9.17) is 4.74 Å². The molecule has 4 nitrogen and oxygen atoms in total. The number of carbonyl (C=O) groups excluding carboxylic acids is 1. The van der Waals surface area contributed by atoms with Crippen LogP contribution in [0.4, 0.5) is 8.78 Å². The molecule has 0 amide bonds. The van der Waals surface area contributed by atoms with Crippen LogP contribution in [0.3, 0.4) is 0 Å². The van der Waals surface area contributed by atoms with Crippen LogP contribution in [0.2, 0.25) is 0 Å². The Morgan fingerprint density at radius 1 is 1.22 bits per heavy atom. The summed E-state index contributed by atoms with van der Waals surface area (Å²) in [5.74, 6) is -2.90. The SMILES string of the molecule is CC1OC(C(=O)c2ccc(F)c(F)c2)C(O)C1O. The Labute approximate surface area is 102 Å². The number of halogens is 2. The van der Waals surface area contributed by atoms with E-state index in [0.717, 1.165) is 18.2 Å². The second-order valence-electron chi connectivity index (χ2n) is 4.24. The van der Waals surface area contributed by atoms with Gasteiger partial charge >= 0.3 is 0 Å². The number of benzene rings is 1. The first-order chi connectivity index (χ1) is 8.41. The van der Waals surface area contributed by atoms with E-state index in [1.54, 1.807) is 0 Å². The Hall–Kier alpha value is -1.37. The molecule has 1 heterocycles. The van der Waals surface area contributed by atoms with Crippen molar-refractivity contribution in [3.05, 3.63) is 35.4 Å². The minimum Gasteiger partial charge on any atom is -0.388 e. The summed E-state index contributed by atoms with van der Waals surface area (Å²) in [5, 5.41) is 19.1. The van der Waals surface area contributed by atoms with Crippen LogP contribution in [0, 0.1) is 11.6 Å². The Bertz CT molecular complexity index is 477. The summed E-state index contributed by atoms with van der Waals surface area (Å²) >= 11 is 0. The molecule has 2 N–H and O–H groups in total. The third-order valence-corrected chi connectivity index (χ3v) is 2.96. The smallest absolute Gasteiger partial charge is 0.194 e. The molecule has 98 valence electrons. The van der Waals surface area contributed by atoms with Crippen LogP contribution in [0.5, 0.6) is 0 Å². The lowest BCUT2D eigenvalue weighted by atomic mass is 10.0. The van der Waals surface area contributed by atoms with Crippen molar-refractivity contribution in [2.75, 3.05) is 0 Å². The van der Waals surface area contributed by atoms with Gasteiger partial charge in [-0.3, -0.25) is 4.79 Å². The molecule has 18 heavy (non-hydrogen) atoms. The van der Waals surface area contributed by atoms with Crippen LogP contribution < -0.4 is 0 Å². The minimum atomic E-state index is -1.37. The van der Waals surface area contributed by atoms with Crippen LogP contribution in [0.25, 0.3) is 0 Å². The van der Waals surface area contributed by atoms with E-state index in [-0.39, 0.29) is 5.56 Å². The zero-order chi connectivity index (χ0) is 13.4. The standard InChI is InChI=1S/C12H12F2O4/c1-5-9(15)11(17)12(18-5)10(16)6-2-3-7(13)8(14)4-6/h2-5,9,11-12,15,17H,1H3. The molecule has 0 aliphatic carbocycles. The molecule has 1 fully saturated rings. The molecule has 1 aromatic carbocycles. The van der Waals surface area contributed by atoms with Gasteiger partial charge in [0.2, 0.25) is 0 Å². The van der Waals surface area contributed by atoms with Crippen molar-refractivity contribution >= 4 is 5.78 Å². The fourth-order valence-corrected chi connectivity index (χ4v) is 1.88. The lowest BCUT2D eigenvalue weighted by Gasteiger charge is -2.13. The van der Waals surface area contributed by atoms with Gasteiger partial charge in [-0.15, -0.1) is 0 Å². The molecular formula is C12H12F2O4. The van der Waals surface area contributed by atoms with Gasteiger partial charge in [0.05, 0.1) is 6.10 Å². The number of hydrogen-bond acceptors (Lipinski definition) is 4. The molecule has 1 aliphatic rings. The second kappa shape index (κ2) is 4.72. The number of ether oxygens (including phenoxy) is 1. The maximum Gasteiger partial charge on any atom is 0.194 e. The third kappa shape index (κ3) is 2.14. The summed E-state index contributed by atoms with van der Waals surface area (Å²) in [4.78, 5) is 11.9. The molecule has 0 radical (unpaired) electrons. The second-order valence-corrected chi connectivity index (χ2v) is 4.24. The highest BCUT2D eigenvalue weighted by Gasteiger charge is 2.44. The highest BCUT2D eigenvalue weighted by molar-refractivity contribution is 6.00. The summed E-state index contributed by atoms with van der Waals surface area (Å²) in [5.41, 5.74) is -0.112. The maximum atomic E-state index is 13.0. The quantitative estimate of drug-likeness (QED) is 0.765. The van der Waals surface area contributed by atoms with E-state index in [0.29, 0.717) is 0 Å². The van der Waals surface area contributed by atoms with Crippen molar-refractivity contribution in [1.29, 1.82) is 0 Å². The van der Waals surface area contributed by atoms with E-state index in [1.165, 1.54) is 6.92 Å². The van der Waals surface area contributed by atoms with E-state index < -0.39 is 41.8 Å². The molecule has 4 atom stereocenters. The van der Waals surface area contributed by atoms with Gasteiger partial charge in [0.1, 0.15) is 18.3 Å². The minimum absolute atomic E-state index is 0.112. The third-order valence-electron chi connectivity index (χ3n) is 2.96. The van der Waals surface area contributed by atoms with Crippen molar-refractivity contribution < 1.29 is 28.5 Å². The lowest BCUT2D eigenvalue weighted by molar-refractivity contribution is 0.0189. The maximum absolute atomic E-state index is 13.0. The molecule has 1 aromatic rings. The van der Waals surface area contributed by atoms with Crippen LogP contribution in [0.1, 0.15) is 17.3 Å². The fourth-order valence-electron chi connectivity index (χ4n) is 1.88. The first-order valence-corrected chi connectivity index (χ1v) is 5.42. The Balaban J connectivity index is 2.24. The Morgan fingerprint density at radius 2 is 1.89 bits per heavy atom. The van der Waals surface area contributed by atoms with Crippen molar-refractivity contribution in [3.63, 3.8) is 0 Å². The van der Waals surface area contributed by atoms with E-state index in [2.05, 4.69) is 0 Å². The molecule has 0 saturated carbocycles. The summed E-state index contributed by atoms with van der Waals surface area (Å²) < 4.78 is 30.8. The van der Waals surface area contributed by atoms with Crippen LogP contribution >= 0.6 is 0 Å². The summed E-state index contributed by atoms with van der Waals surface area (Å²) in [6.45, 7) is 1.51. The van der Waals surface area contributed by atoms with Crippen LogP contribution in [0.15, 0.2) is 18.2 Å². The first kappa shape index (κ1) is 13.1. The van der Waals surface area contributed by atoms with E-state index in [9.17, 15) is 23.8 Å². The molecule has 1 aliphatic heterocycles. The molecule has 6 heteroatoms. The van der Waals surface area contributed by atoms with Gasteiger partial charge in [-0.25, -0.2) is 8.78 Å². The van der Waals surface area contributed by atoms with Gasteiger partial charge in [0, 0.05) is 5.56 Å². The summed E-state index contributed by atoms with van der Waals surface area (Å²) in [6, 6.07) is 2.67. The highest BCUT2D eigenvalue weighted by Crippen LogP contribution is 2.24. The number of aliphatic hydroxyl groups excluding tert-OH is 2. The van der Waals surface area contributed by atoms with Crippen molar-refractivity contribution in [2.24, 2.45) is 0 Å². The van der Waals surface area contributed by atoms with Gasteiger partial charge in [-0.2, -0.15) is 0 Å². The number of carbonyl (C=O) groups is 1. The molecule has 0 bridgehead atoms. The van der Waals surface area contributed by atoms with Crippen molar-refractivity contribution in [2.45, 2.75) is 31.3 Å². The van der Waals surface area contributed by atoms with Gasteiger partial charge in [0.25, 0.3) is 0 Å². The van der Waals surface area contributed by atoms with Crippen molar-refractivity contribution in [1.82, 2.24) is 0 Å². The molecule has 4 unspecified atom stereocenters. The fraction of sp³-hybridized carbons (Fsp3) is 0.417. The van der Waals surface area contributed by atoms with Crippen molar-refractivity contribution in [3.8, 4) is 0 Å². The molecular weight excluding hydrogens is 246 g/mol. The number of aliphatic hydroxyl groups is 2. The lowest BCUT2D eigenvalue weighted by Crippen LogP contribution is -2.36. The normalized spacial score (nSPS) is 31.6. The zero-order valence-corrected chi connectivity index (χ0v) is 9.51. The summed E-state index contributed by atoms with van der Waals surface area (Å²) in [6.07, 6.45) is -4.51. The molecule has 0 spiro atoms. The van der Waals surface area contributed by atoms with E-state index >= 15 is 0 Å². The average Bonchev–Trinajstić information content (AvgIpc) is 2.60. The van der Waals surface area contributed by atoms with Gasteiger partial charge in [-0.05, 0) is 25.1 Å². The van der Waals surface area contributed by atoms with Crippen LogP contribution in [-0.4, -0.2) is 40.4 Å². The largest absolute Gasteiger partial charge is 0.388 e. The predicted molar refractivity (Wildman–Crippen MR) is 57.0 cm³/mol.